The fraction of sp³-hybridized carbons (Fsp3) is 0.250. The molecule has 1 aromatic carbocycles. The van der Waals surface area contributed by atoms with Gasteiger partial charge in [0, 0.05) is 6.07 Å². The maximum atomic E-state index is 10.5. The number of rotatable bonds is 4. The van der Waals surface area contributed by atoms with Crippen LogP contribution in [0.25, 0.3) is 0 Å². The Labute approximate surface area is 75.7 Å². The summed E-state index contributed by atoms with van der Waals surface area (Å²) in [7, 11) is 0. The molecule has 0 amide bonds. The smallest absolute Gasteiger partial charge is 0.292 e. The Kier molecular flexibility index (Phi) is 3.22. The molecular weight excluding hydrogens is 170 g/mol. The first kappa shape index (κ1) is 9.47. The van der Waals surface area contributed by atoms with Crippen molar-refractivity contribution >= 4 is 11.4 Å². The second-order valence-corrected chi connectivity index (χ2v) is 2.55. The van der Waals surface area contributed by atoms with Crippen LogP contribution < -0.4 is 11.1 Å². The first-order valence-electron chi connectivity index (χ1n) is 4.02. The van der Waals surface area contributed by atoms with Crippen molar-refractivity contribution in [2.75, 3.05) is 18.4 Å². The van der Waals surface area contributed by atoms with E-state index in [2.05, 4.69) is 11.1 Å². The van der Waals surface area contributed by atoms with Crippen molar-refractivity contribution in [2.24, 2.45) is 0 Å². The van der Waals surface area contributed by atoms with E-state index in [-0.39, 0.29) is 5.69 Å². The summed E-state index contributed by atoms with van der Waals surface area (Å²) in [5.74, 6) is 0. The summed E-state index contributed by atoms with van der Waals surface area (Å²) in [5.41, 5.74) is 4.30. The molecule has 0 aliphatic rings. The predicted octanol–water partition coefficient (Wildman–Crippen LogP) is 0.249. The molecule has 0 atom stereocenters. The maximum absolute atomic E-state index is 10.5. The number of hydrogen-bond donors (Lipinski definition) is 2. The van der Waals surface area contributed by atoms with Crippen molar-refractivity contribution in [1.82, 2.24) is 0 Å². The molecule has 70 valence electrons. The molecule has 0 saturated carbocycles. The zero-order valence-corrected chi connectivity index (χ0v) is 7.19. The highest BCUT2D eigenvalue weighted by molar-refractivity contribution is 5.60. The number of para-hydroxylation sites is 2. The first-order valence-corrected chi connectivity index (χ1v) is 4.02. The number of anilines is 1. The minimum atomic E-state index is -0.397. The molecule has 0 radical (unpaired) electrons. The van der Waals surface area contributed by atoms with Gasteiger partial charge < -0.3 is 11.1 Å². The summed E-state index contributed by atoms with van der Waals surface area (Å²) in [6.45, 7) is 1.34. The molecule has 0 aromatic heterocycles. The highest BCUT2D eigenvalue weighted by atomic mass is 16.6. The van der Waals surface area contributed by atoms with Crippen LogP contribution in [0.3, 0.4) is 0 Å². The SMILES string of the molecule is [NH3+]CCNc1ccccc1[N+](=O)[O-]. The molecule has 4 N–H and O–H groups in total. The van der Waals surface area contributed by atoms with E-state index in [9.17, 15) is 10.1 Å². The number of nitrogens with zero attached hydrogens (tertiary/aromatic N) is 1. The van der Waals surface area contributed by atoms with Crippen molar-refractivity contribution in [2.45, 2.75) is 0 Å². The summed E-state index contributed by atoms with van der Waals surface area (Å²) in [4.78, 5) is 10.1. The Morgan fingerprint density at radius 1 is 1.46 bits per heavy atom. The summed E-state index contributed by atoms with van der Waals surface area (Å²) in [6.07, 6.45) is 0. The van der Waals surface area contributed by atoms with Gasteiger partial charge in [-0.2, -0.15) is 0 Å². The van der Waals surface area contributed by atoms with Crippen molar-refractivity contribution in [1.29, 1.82) is 0 Å². The highest BCUT2D eigenvalue weighted by Crippen LogP contribution is 2.22. The van der Waals surface area contributed by atoms with E-state index in [0.29, 0.717) is 18.8 Å². The van der Waals surface area contributed by atoms with E-state index < -0.39 is 4.92 Å². The minimum absolute atomic E-state index is 0.107. The number of nitrogens with one attached hydrogen (secondary N) is 1. The van der Waals surface area contributed by atoms with E-state index in [1.54, 1.807) is 18.2 Å². The number of hydrogen-bond acceptors (Lipinski definition) is 3. The van der Waals surface area contributed by atoms with Gasteiger partial charge in [-0.3, -0.25) is 10.1 Å². The Bertz CT molecular complexity index is 301. The Hall–Kier alpha value is -1.62. The van der Waals surface area contributed by atoms with Gasteiger partial charge >= 0.3 is 0 Å². The van der Waals surface area contributed by atoms with Gasteiger partial charge in [0.15, 0.2) is 0 Å². The van der Waals surface area contributed by atoms with Crippen LogP contribution in [0, 0.1) is 10.1 Å². The summed E-state index contributed by atoms with van der Waals surface area (Å²) in [6, 6.07) is 6.57. The largest absolute Gasteiger partial charge is 0.374 e. The molecule has 0 spiro atoms. The second-order valence-electron chi connectivity index (χ2n) is 2.55. The lowest BCUT2D eigenvalue weighted by molar-refractivity contribution is -0.384. The average molecular weight is 182 g/mol. The zero-order chi connectivity index (χ0) is 9.68. The van der Waals surface area contributed by atoms with Crippen LogP contribution in [-0.2, 0) is 0 Å². The van der Waals surface area contributed by atoms with Crippen LogP contribution in [0.1, 0.15) is 0 Å². The number of benzene rings is 1. The molecule has 5 nitrogen and oxygen atoms in total. The van der Waals surface area contributed by atoms with Gasteiger partial charge in [0.05, 0.1) is 18.0 Å². The van der Waals surface area contributed by atoms with Crippen molar-refractivity contribution in [3.8, 4) is 0 Å². The van der Waals surface area contributed by atoms with Crippen LogP contribution in [-0.4, -0.2) is 18.0 Å². The molecule has 0 heterocycles. The van der Waals surface area contributed by atoms with Gasteiger partial charge in [-0.1, -0.05) is 12.1 Å². The monoisotopic (exact) mass is 182 g/mol. The Morgan fingerprint density at radius 2 is 2.15 bits per heavy atom. The molecule has 13 heavy (non-hydrogen) atoms. The Morgan fingerprint density at radius 3 is 2.77 bits per heavy atom. The van der Waals surface area contributed by atoms with E-state index in [4.69, 9.17) is 0 Å². The van der Waals surface area contributed by atoms with E-state index in [0.717, 1.165) is 0 Å². The molecule has 1 rings (SSSR count). The summed E-state index contributed by atoms with van der Waals surface area (Å²) < 4.78 is 0. The summed E-state index contributed by atoms with van der Waals surface area (Å²) in [5, 5.41) is 13.5. The molecule has 0 unspecified atom stereocenters. The zero-order valence-electron chi connectivity index (χ0n) is 7.19. The third-order valence-electron chi connectivity index (χ3n) is 1.59. The van der Waals surface area contributed by atoms with E-state index in [1.807, 2.05) is 0 Å². The lowest BCUT2D eigenvalue weighted by Crippen LogP contribution is -2.53. The third kappa shape index (κ3) is 2.41. The number of nitro groups is 1. The predicted molar refractivity (Wildman–Crippen MR) is 49.3 cm³/mol. The van der Waals surface area contributed by atoms with Gasteiger partial charge in [-0.15, -0.1) is 0 Å². The van der Waals surface area contributed by atoms with Gasteiger partial charge in [0.25, 0.3) is 5.69 Å². The fourth-order valence-electron chi connectivity index (χ4n) is 1.01. The third-order valence-corrected chi connectivity index (χ3v) is 1.59. The Balaban J connectivity index is 2.84. The lowest BCUT2D eigenvalue weighted by atomic mass is 10.2. The van der Waals surface area contributed by atoms with Crippen LogP contribution in [0.15, 0.2) is 24.3 Å². The number of nitro benzene ring substituents is 1. The fourth-order valence-corrected chi connectivity index (χ4v) is 1.01. The van der Waals surface area contributed by atoms with Gasteiger partial charge in [0.2, 0.25) is 0 Å². The molecule has 0 bridgehead atoms. The standard InChI is InChI=1S/C8H11N3O2/c9-5-6-10-7-3-1-2-4-8(7)11(12)13/h1-4,10H,5-6,9H2/p+1. The quantitative estimate of drug-likeness (QED) is 0.517. The van der Waals surface area contributed by atoms with Gasteiger partial charge in [-0.25, -0.2) is 0 Å². The number of quaternary nitrogens is 1. The van der Waals surface area contributed by atoms with Crippen molar-refractivity contribution in [3.63, 3.8) is 0 Å². The molecule has 0 saturated heterocycles. The lowest BCUT2D eigenvalue weighted by Gasteiger charge is -2.03. The van der Waals surface area contributed by atoms with Crippen LogP contribution in [0.5, 0.6) is 0 Å². The molecular formula is C8H12N3O2+. The van der Waals surface area contributed by atoms with Crippen LogP contribution >= 0.6 is 0 Å². The topological polar surface area (TPSA) is 82.8 Å². The van der Waals surface area contributed by atoms with E-state index in [1.165, 1.54) is 6.07 Å². The van der Waals surface area contributed by atoms with Gasteiger partial charge in [0.1, 0.15) is 5.69 Å². The molecule has 0 aliphatic carbocycles. The molecule has 5 heteroatoms. The van der Waals surface area contributed by atoms with Crippen LogP contribution in [0.2, 0.25) is 0 Å². The van der Waals surface area contributed by atoms with Crippen LogP contribution in [0.4, 0.5) is 11.4 Å². The van der Waals surface area contributed by atoms with Gasteiger partial charge in [-0.05, 0) is 6.07 Å². The molecule has 1 aromatic rings. The highest BCUT2D eigenvalue weighted by Gasteiger charge is 2.10. The average Bonchev–Trinajstić information content (AvgIpc) is 2.15. The normalized spacial score (nSPS) is 9.62. The van der Waals surface area contributed by atoms with Crippen molar-refractivity contribution in [3.05, 3.63) is 34.4 Å². The summed E-state index contributed by atoms with van der Waals surface area (Å²) >= 11 is 0. The van der Waals surface area contributed by atoms with Crippen molar-refractivity contribution < 1.29 is 10.7 Å². The molecule has 0 aliphatic heterocycles. The van der Waals surface area contributed by atoms with E-state index >= 15 is 0 Å². The molecule has 0 fully saturated rings. The minimum Gasteiger partial charge on any atom is -0.374 e. The second kappa shape index (κ2) is 4.42. The first-order chi connectivity index (χ1) is 6.25. The maximum Gasteiger partial charge on any atom is 0.292 e.